The van der Waals surface area contributed by atoms with Crippen molar-refractivity contribution in [2.75, 3.05) is 0 Å². The van der Waals surface area contributed by atoms with Gasteiger partial charge in [-0.1, -0.05) is 12.1 Å². The van der Waals surface area contributed by atoms with Gasteiger partial charge in [-0.25, -0.2) is 4.39 Å². The molecule has 7 heteroatoms. The lowest BCUT2D eigenvalue weighted by Crippen LogP contribution is -2.22. The number of benzene rings is 1. The van der Waals surface area contributed by atoms with E-state index in [9.17, 15) is 9.18 Å². The van der Waals surface area contributed by atoms with Gasteiger partial charge in [0.25, 0.3) is 5.56 Å². The predicted molar refractivity (Wildman–Crippen MR) is 67.8 cm³/mol. The first-order valence-corrected chi connectivity index (χ1v) is 5.47. The fourth-order valence-electron chi connectivity index (χ4n) is 1.29. The Bertz CT molecular complexity index is 719. The van der Waals surface area contributed by atoms with Crippen LogP contribution in [0.4, 0.5) is 4.39 Å². The highest BCUT2D eigenvalue weighted by atomic mass is 32.1. The fraction of sp³-hybridized carbons (Fsp3) is 0.0909. The lowest BCUT2D eigenvalue weighted by atomic mass is 10.2. The second-order valence-corrected chi connectivity index (χ2v) is 3.92. The molecule has 0 fully saturated rings. The smallest absolute Gasteiger partial charge is 0.265 e. The van der Waals surface area contributed by atoms with Crippen molar-refractivity contribution in [3.63, 3.8) is 0 Å². The highest BCUT2D eigenvalue weighted by Gasteiger charge is 2.00. The van der Waals surface area contributed by atoms with Crippen molar-refractivity contribution in [1.29, 1.82) is 0 Å². The number of nitrogens with zero attached hydrogens (tertiary/aromatic N) is 3. The van der Waals surface area contributed by atoms with Gasteiger partial charge in [-0.15, -0.1) is 0 Å². The molecule has 1 aromatic heterocycles. The molecule has 92 valence electrons. The van der Waals surface area contributed by atoms with Gasteiger partial charge in [0.2, 0.25) is 4.77 Å². The molecular formula is C11H9FN4OS. The average Bonchev–Trinajstić information content (AvgIpc) is 2.34. The van der Waals surface area contributed by atoms with Crippen LogP contribution in [0.2, 0.25) is 0 Å². The molecule has 2 aromatic rings. The molecule has 0 amide bonds. The maximum atomic E-state index is 12.9. The SMILES string of the molecule is Cc1n[nH]c(=S)n(N=Cc2cccc(F)c2)c1=O. The molecule has 0 unspecified atom stereocenters. The first-order valence-electron chi connectivity index (χ1n) is 5.06. The second-order valence-electron chi connectivity index (χ2n) is 3.53. The molecule has 5 nitrogen and oxygen atoms in total. The third kappa shape index (κ3) is 2.57. The van der Waals surface area contributed by atoms with Crippen LogP contribution in [0.15, 0.2) is 34.2 Å². The van der Waals surface area contributed by atoms with E-state index in [4.69, 9.17) is 12.2 Å². The number of aromatic amines is 1. The summed E-state index contributed by atoms with van der Waals surface area (Å²) < 4.78 is 14.0. The van der Waals surface area contributed by atoms with Crippen LogP contribution in [-0.4, -0.2) is 21.1 Å². The highest BCUT2D eigenvalue weighted by molar-refractivity contribution is 7.71. The minimum absolute atomic E-state index is 0.0817. The molecule has 0 atom stereocenters. The Morgan fingerprint density at radius 3 is 3.06 bits per heavy atom. The van der Waals surface area contributed by atoms with Gasteiger partial charge in [-0.05, 0) is 36.8 Å². The van der Waals surface area contributed by atoms with Crippen LogP contribution in [-0.2, 0) is 0 Å². The summed E-state index contributed by atoms with van der Waals surface area (Å²) in [5, 5.41) is 10.1. The van der Waals surface area contributed by atoms with Crippen molar-refractivity contribution in [1.82, 2.24) is 14.9 Å². The number of nitrogens with one attached hydrogen (secondary N) is 1. The molecule has 0 saturated carbocycles. The number of hydrogen-bond acceptors (Lipinski definition) is 4. The van der Waals surface area contributed by atoms with Gasteiger partial charge >= 0.3 is 0 Å². The van der Waals surface area contributed by atoms with Crippen LogP contribution in [0.1, 0.15) is 11.3 Å². The van der Waals surface area contributed by atoms with Gasteiger partial charge in [0, 0.05) is 0 Å². The molecule has 2 rings (SSSR count). The third-order valence-corrected chi connectivity index (χ3v) is 2.45. The molecule has 0 radical (unpaired) electrons. The average molecular weight is 264 g/mol. The highest BCUT2D eigenvalue weighted by Crippen LogP contribution is 2.00. The largest absolute Gasteiger partial charge is 0.296 e. The standard InChI is InChI=1S/C11H9FN4OS/c1-7-10(17)16(11(18)15-14-7)13-6-8-3-2-4-9(12)5-8/h2-6H,1H3,(H,15,18). The summed E-state index contributed by atoms with van der Waals surface area (Å²) in [5.41, 5.74) is 0.372. The minimum atomic E-state index is -0.411. The maximum Gasteiger partial charge on any atom is 0.296 e. The molecule has 0 saturated heterocycles. The van der Waals surface area contributed by atoms with Gasteiger partial charge in [0.15, 0.2) is 0 Å². The van der Waals surface area contributed by atoms with Crippen molar-refractivity contribution in [3.05, 3.63) is 56.5 Å². The van der Waals surface area contributed by atoms with E-state index in [1.54, 1.807) is 19.1 Å². The molecule has 0 spiro atoms. The lowest BCUT2D eigenvalue weighted by molar-refractivity contribution is 0.627. The van der Waals surface area contributed by atoms with Crippen LogP contribution in [0.3, 0.4) is 0 Å². The number of H-pyrrole nitrogens is 1. The molecule has 1 heterocycles. The molecular weight excluding hydrogens is 255 g/mol. The zero-order valence-electron chi connectivity index (χ0n) is 9.42. The third-order valence-electron chi connectivity index (χ3n) is 2.18. The first kappa shape index (κ1) is 12.3. The van der Waals surface area contributed by atoms with E-state index >= 15 is 0 Å². The maximum absolute atomic E-state index is 12.9. The summed E-state index contributed by atoms with van der Waals surface area (Å²) in [6.07, 6.45) is 1.35. The Morgan fingerprint density at radius 1 is 1.56 bits per heavy atom. The summed E-state index contributed by atoms with van der Waals surface area (Å²) in [5.74, 6) is -0.373. The van der Waals surface area contributed by atoms with Crippen LogP contribution in [0.25, 0.3) is 0 Å². The first-order chi connectivity index (χ1) is 8.58. The number of aromatic nitrogens is 3. The Morgan fingerprint density at radius 2 is 2.33 bits per heavy atom. The summed E-state index contributed by atoms with van der Waals surface area (Å²) in [4.78, 5) is 11.7. The van der Waals surface area contributed by atoms with Crippen LogP contribution >= 0.6 is 12.2 Å². The van der Waals surface area contributed by atoms with Crippen LogP contribution in [0, 0.1) is 17.5 Å². The molecule has 0 bridgehead atoms. The second kappa shape index (κ2) is 5.01. The Kier molecular flexibility index (Phi) is 3.42. The zero-order valence-corrected chi connectivity index (χ0v) is 10.2. The fourth-order valence-corrected chi connectivity index (χ4v) is 1.46. The normalized spacial score (nSPS) is 11.0. The van der Waals surface area contributed by atoms with E-state index in [0.29, 0.717) is 5.56 Å². The molecule has 1 N–H and O–H groups in total. The molecule has 18 heavy (non-hydrogen) atoms. The van der Waals surface area contributed by atoms with E-state index in [1.807, 2.05) is 0 Å². The topological polar surface area (TPSA) is 63.0 Å². The van der Waals surface area contributed by atoms with Crippen molar-refractivity contribution >= 4 is 18.4 Å². The number of aryl methyl sites for hydroxylation is 1. The van der Waals surface area contributed by atoms with Crippen molar-refractivity contribution < 1.29 is 4.39 Å². The monoisotopic (exact) mass is 264 g/mol. The van der Waals surface area contributed by atoms with E-state index in [2.05, 4.69) is 15.3 Å². The molecule has 0 aliphatic heterocycles. The Balaban J connectivity index is 2.44. The van der Waals surface area contributed by atoms with Crippen molar-refractivity contribution in [3.8, 4) is 0 Å². The quantitative estimate of drug-likeness (QED) is 0.662. The summed E-state index contributed by atoms with van der Waals surface area (Å²) in [7, 11) is 0. The van der Waals surface area contributed by atoms with E-state index in [1.165, 1.54) is 18.3 Å². The Labute approximate surface area is 107 Å². The van der Waals surface area contributed by atoms with Crippen molar-refractivity contribution in [2.45, 2.75) is 6.92 Å². The van der Waals surface area contributed by atoms with Crippen LogP contribution < -0.4 is 5.56 Å². The van der Waals surface area contributed by atoms with Gasteiger partial charge < -0.3 is 0 Å². The number of hydrogen-bond donors (Lipinski definition) is 1. The molecule has 0 aliphatic carbocycles. The minimum Gasteiger partial charge on any atom is -0.265 e. The van der Waals surface area contributed by atoms with Gasteiger partial charge in [-0.2, -0.15) is 14.9 Å². The predicted octanol–water partition coefficient (Wildman–Crippen LogP) is 1.63. The summed E-state index contributed by atoms with van der Waals surface area (Å²) >= 11 is 4.90. The van der Waals surface area contributed by atoms with E-state index in [-0.39, 0.29) is 16.3 Å². The van der Waals surface area contributed by atoms with Gasteiger partial charge in [0.1, 0.15) is 11.5 Å². The van der Waals surface area contributed by atoms with E-state index < -0.39 is 5.56 Å². The number of rotatable bonds is 2. The Hall–Kier alpha value is -2.15. The van der Waals surface area contributed by atoms with Gasteiger partial charge in [0.05, 0.1) is 6.21 Å². The van der Waals surface area contributed by atoms with E-state index in [0.717, 1.165) is 4.68 Å². The van der Waals surface area contributed by atoms with Crippen molar-refractivity contribution in [2.24, 2.45) is 5.10 Å². The molecule has 0 aliphatic rings. The zero-order chi connectivity index (χ0) is 13.1. The summed E-state index contributed by atoms with van der Waals surface area (Å²) in [6.45, 7) is 1.54. The summed E-state index contributed by atoms with van der Waals surface area (Å²) in [6, 6.07) is 5.85. The van der Waals surface area contributed by atoms with Crippen LogP contribution in [0.5, 0.6) is 0 Å². The number of halogens is 1. The molecule has 1 aromatic carbocycles. The van der Waals surface area contributed by atoms with Gasteiger partial charge in [-0.3, -0.25) is 9.89 Å². The lowest BCUT2D eigenvalue weighted by Gasteiger charge is -1.99.